The van der Waals surface area contributed by atoms with E-state index in [2.05, 4.69) is 21.3 Å². The van der Waals surface area contributed by atoms with Crippen molar-refractivity contribution in [3.05, 3.63) is 35.9 Å². The number of ether oxygens (including phenoxy) is 3. The van der Waals surface area contributed by atoms with Crippen LogP contribution in [0.1, 0.15) is 102 Å². The Morgan fingerprint density at radius 1 is 0.800 bits per heavy atom. The quantitative estimate of drug-likeness (QED) is 0.0423. The topological polar surface area (TPSA) is 265 Å². The summed E-state index contributed by atoms with van der Waals surface area (Å²) in [7, 11) is 0. The third-order valence-corrected chi connectivity index (χ3v) is 8.91. The number of rotatable bonds is 28. The zero-order valence-corrected chi connectivity index (χ0v) is 31.9. The highest BCUT2D eigenvalue weighted by molar-refractivity contribution is 5.88. The first-order chi connectivity index (χ1) is 26.4. The smallest absolute Gasteiger partial charge is 0.306 e. The van der Waals surface area contributed by atoms with Crippen LogP contribution in [0.2, 0.25) is 0 Å². The molecule has 0 aromatic heterocycles. The second-order valence-corrected chi connectivity index (χ2v) is 13.6. The number of nitrogens with two attached hydrogens (primary N) is 1. The minimum Gasteiger partial charge on any atom is -0.461 e. The molecule has 0 aliphatic carbocycles. The fraction of sp³-hybridized carbons (Fsp3) is 0.684. The van der Waals surface area contributed by atoms with Crippen LogP contribution in [0, 0.1) is 0 Å². The predicted octanol–water partition coefficient (Wildman–Crippen LogP) is 0.354. The van der Waals surface area contributed by atoms with Gasteiger partial charge < -0.3 is 56.5 Å². The molecule has 1 saturated heterocycles. The van der Waals surface area contributed by atoms with Crippen molar-refractivity contribution < 1.29 is 58.3 Å². The van der Waals surface area contributed by atoms with Gasteiger partial charge in [-0.15, -0.1) is 0 Å². The zero-order valence-electron chi connectivity index (χ0n) is 31.9. The molecule has 310 valence electrons. The summed E-state index contributed by atoms with van der Waals surface area (Å²) in [6, 6.07) is 7.51. The Bertz CT molecular complexity index is 1320. The normalized spacial score (nSPS) is 19.8. The highest BCUT2D eigenvalue weighted by Crippen LogP contribution is 2.22. The molecule has 17 heteroatoms. The largest absolute Gasteiger partial charge is 0.461 e. The number of aliphatic hydroxyl groups is 3. The third-order valence-electron chi connectivity index (χ3n) is 8.91. The van der Waals surface area contributed by atoms with Gasteiger partial charge in [-0.1, -0.05) is 56.0 Å². The molecule has 1 heterocycles. The number of carbonyl (C=O) groups is 6. The van der Waals surface area contributed by atoms with Crippen molar-refractivity contribution in [3.63, 3.8) is 0 Å². The molecule has 0 spiro atoms. The van der Waals surface area contributed by atoms with Crippen LogP contribution in [0.4, 0.5) is 0 Å². The molecule has 1 aliphatic rings. The number of benzene rings is 1. The average molecular weight is 780 g/mol. The summed E-state index contributed by atoms with van der Waals surface area (Å²) >= 11 is 0. The standard InChI is InChI=1S/C38H61N5O12/c1-26(45)42-34-36(51)35(50)29(24-44)55-38(34)53-23-12-5-4-11-22-41-37(52)28(19-20-30(39)46)43-32(48)17-13-16-31(47)40-21-10-3-2-9-18-33(49)54-25-27-14-7-6-8-15-27/h6-8,14-15,28-29,34-36,38,44,50-51H,2-5,9-13,16-25H2,1H3,(H2,39,46)(H,40,47)(H,41,52)(H,42,45)(H,43,48)/t28?,29-,34-,35+,36-,38-/m1/s1. The Hall–Kier alpha value is -4.16. The van der Waals surface area contributed by atoms with Crippen LogP contribution in [0.25, 0.3) is 0 Å². The van der Waals surface area contributed by atoms with Crippen LogP contribution in [0.15, 0.2) is 30.3 Å². The number of nitrogens with one attached hydrogen (secondary N) is 4. The maximum atomic E-state index is 12.8. The summed E-state index contributed by atoms with van der Waals surface area (Å²) in [5, 5.41) is 40.7. The molecule has 1 aromatic carbocycles. The van der Waals surface area contributed by atoms with E-state index in [9.17, 15) is 44.1 Å². The molecule has 1 aromatic rings. The molecule has 1 fully saturated rings. The fourth-order valence-corrected chi connectivity index (χ4v) is 5.83. The highest BCUT2D eigenvalue weighted by atomic mass is 16.7. The van der Waals surface area contributed by atoms with E-state index in [1.54, 1.807) is 0 Å². The first kappa shape index (κ1) is 47.0. The van der Waals surface area contributed by atoms with Gasteiger partial charge >= 0.3 is 5.97 Å². The molecule has 55 heavy (non-hydrogen) atoms. The van der Waals surface area contributed by atoms with Gasteiger partial charge in [0.15, 0.2) is 6.29 Å². The number of aliphatic hydroxyl groups excluding tert-OH is 3. The number of amides is 5. The van der Waals surface area contributed by atoms with Gasteiger partial charge in [-0.05, 0) is 44.1 Å². The van der Waals surface area contributed by atoms with Gasteiger partial charge in [-0.2, -0.15) is 0 Å². The van der Waals surface area contributed by atoms with Crippen molar-refractivity contribution in [1.29, 1.82) is 0 Å². The molecule has 0 radical (unpaired) electrons. The van der Waals surface area contributed by atoms with Crippen molar-refractivity contribution in [2.75, 3.05) is 26.3 Å². The van der Waals surface area contributed by atoms with Crippen LogP contribution >= 0.6 is 0 Å². The van der Waals surface area contributed by atoms with E-state index in [-0.39, 0.29) is 57.2 Å². The molecule has 9 N–H and O–H groups in total. The Labute approximate surface area is 322 Å². The molecular formula is C38H61N5O12. The van der Waals surface area contributed by atoms with E-state index in [1.165, 1.54) is 6.92 Å². The first-order valence-electron chi connectivity index (χ1n) is 19.2. The Morgan fingerprint density at radius 3 is 2.13 bits per heavy atom. The third kappa shape index (κ3) is 20.4. The van der Waals surface area contributed by atoms with Gasteiger partial charge in [0.05, 0.1) is 6.61 Å². The molecule has 17 nitrogen and oxygen atoms in total. The van der Waals surface area contributed by atoms with Crippen LogP contribution in [-0.4, -0.2) is 114 Å². The second kappa shape index (κ2) is 27.4. The van der Waals surface area contributed by atoms with Crippen LogP contribution in [0.5, 0.6) is 0 Å². The molecule has 2 rings (SSSR count). The summed E-state index contributed by atoms with van der Waals surface area (Å²) in [4.78, 5) is 72.5. The number of hydrogen-bond acceptors (Lipinski definition) is 12. The summed E-state index contributed by atoms with van der Waals surface area (Å²) in [5.41, 5.74) is 6.21. The molecule has 5 amide bonds. The van der Waals surface area contributed by atoms with Gasteiger partial charge in [0.1, 0.15) is 37.0 Å². The van der Waals surface area contributed by atoms with Gasteiger partial charge in [0.25, 0.3) is 0 Å². The number of hydrogen-bond donors (Lipinski definition) is 8. The number of primary amides is 1. The lowest BCUT2D eigenvalue weighted by Gasteiger charge is -2.42. The number of carbonyl (C=O) groups excluding carboxylic acids is 6. The Balaban J connectivity index is 1.56. The predicted molar refractivity (Wildman–Crippen MR) is 199 cm³/mol. The maximum Gasteiger partial charge on any atom is 0.306 e. The summed E-state index contributed by atoms with van der Waals surface area (Å²) in [6.45, 7) is 2.02. The van der Waals surface area contributed by atoms with Crippen molar-refractivity contribution >= 4 is 35.5 Å². The molecule has 1 unspecified atom stereocenters. The molecule has 0 bridgehead atoms. The minimum absolute atomic E-state index is 0.0217. The van der Waals surface area contributed by atoms with Gasteiger partial charge in [-0.3, -0.25) is 28.8 Å². The van der Waals surface area contributed by atoms with Gasteiger partial charge in [0.2, 0.25) is 29.5 Å². The van der Waals surface area contributed by atoms with Gasteiger partial charge in [0, 0.05) is 52.3 Å². The maximum absolute atomic E-state index is 12.8. The van der Waals surface area contributed by atoms with Crippen LogP contribution in [-0.2, 0) is 49.6 Å². The van der Waals surface area contributed by atoms with E-state index in [4.69, 9.17) is 19.9 Å². The number of unbranched alkanes of at least 4 members (excludes halogenated alkanes) is 6. The lowest BCUT2D eigenvalue weighted by molar-refractivity contribution is -0.270. The summed E-state index contributed by atoms with van der Waals surface area (Å²) < 4.78 is 16.5. The van der Waals surface area contributed by atoms with Crippen molar-refractivity contribution in [2.24, 2.45) is 5.73 Å². The second-order valence-electron chi connectivity index (χ2n) is 13.6. The van der Waals surface area contributed by atoms with Crippen molar-refractivity contribution in [3.8, 4) is 0 Å². The lowest BCUT2D eigenvalue weighted by atomic mass is 9.97. The summed E-state index contributed by atoms with van der Waals surface area (Å²) in [6.07, 6.45) is 1.62. The van der Waals surface area contributed by atoms with Gasteiger partial charge in [-0.25, -0.2) is 0 Å². The molecule has 6 atom stereocenters. The van der Waals surface area contributed by atoms with E-state index in [1.807, 2.05) is 30.3 Å². The zero-order chi connectivity index (χ0) is 40.4. The van der Waals surface area contributed by atoms with Crippen molar-refractivity contribution in [2.45, 2.75) is 140 Å². The average Bonchev–Trinajstić information content (AvgIpc) is 3.15. The Morgan fingerprint density at radius 2 is 1.45 bits per heavy atom. The summed E-state index contributed by atoms with van der Waals surface area (Å²) in [5.74, 6) is -2.33. The SMILES string of the molecule is CC(=O)N[C@H]1[C@H](OCCCCCCNC(=O)C(CCC(N)=O)NC(=O)CCCC(=O)NCCCCCCC(=O)OCc2ccccc2)O[C@H](CO)[C@H](O)[C@@H]1O. The Kier molecular flexibility index (Phi) is 23.4. The van der Waals surface area contributed by atoms with E-state index in [0.29, 0.717) is 45.2 Å². The van der Waals surface area contributed by atoms with E-state index < -0.39 is 66.9 Å². The van der Waals surface area contributed by atoms with Crippen LogP contribution < -0.4 is 27.0 Å². The monoisotopic (exact) mass is 779 g/mol. The molecule has 1 aliphatic heterocycles. The van der Waals surface area contributed by atoms with Crippen LogP contribution in [0.3, 0.4) is 0 Å². The highest BCUT2D eigenvalue weighted by Gasteiger charge is 2.45. The first-order valence-corrected chi connectivity index (χ1v) is 19.2. The molecular weight excluding hydrogens is 718 g/mol. The number of esters is 1. The lowest BCUT2D eigenvalue weighted by Crippen LogP contribution is -2.64. The minimum atomic E-state index is -1.39. The van der Waals surface area contributed by atoms with E-state index in [0.717, 1.165) is 31.2 Å². The fourth-order valence-electron chi connectivity index (χ4n) is 5.83. The van der Waals surface area contributed by atoms with E-state index >= 15 is 0 Å². The van der Waals surface area contributed by atoms with Crippen molar-refractivity contribution in [1.82, 2.24) is 21.3 Å². The molecule has 0 saturated carbocycles.